The number of esters is 1. The van der Waals surface area contributed by atoms with Crippen LogP contribution in [0.2, 0.25) is 0 Å². The summed E-state index contributed by atoms with van der Waals surface area (Å²) in [5, 5.41) is 8.17. The molecule has 9 heteroatoms. The van der Waals surface area contributed by atoms with Crippen LogP contribution in [-0.4, -0.2) is 26.5 Å². The number of fused-ring (bicyclic) bond motifs is 1. The van der Waals surface area contributed by atoms with Gasteiger partial charge < -0.3 is 10.1 Å². The molecular formula is C23H26N4O4S. The second-order valence-electron chi connectivity index (χ2n) is 7.98. The lowest BCUT2D eigenvalue weighted by molar-refractivity contribution is -0.116. The van der Waals surface area contributed by atoms with Gasteiger partial charge in [-0.15, -0.1) is 0 Å². The summed E-state index contributed by atoms with van der Waals surface area (Å²) >= 11 is 1.43. The molecule has 3 aromatic rings. The molecule has 2 heterocycles. The van der Waals surface area contributed by atoms with Gasteiger partial charge in [-0.25, -0.2) is 9.78 Å². The van der Waals surface area contributed by atoms with Crippen LogP contribution in [0.1, 0.15) is 78.8 Å². The average molecular weight is 455 g/mol. The summed E-state index contributed by atoms with van der Waals surface area (Å²) in [6.07, 6.45) is 6.88. The number of aromatic nitrogens is 3. The number of benzene rings is 1. The molecule has 8 nitrogen and oxygen atoms in total. The zero-order valence-electron chi connectivity index (χ0n) is 18.0. The van der Waals surface area contributed by atoms with Crippen LogP contribution in [0.3, 0.4) is 0 Å². The van der Waals surface area contributed by atoms with Crippen LogP contribution in [0.15, 0.2) is 35.1 Å². The summed E-state index contributed by atoms with van der Waals surface area (Å²) in [5.41, 5.74) is 0.743. The topological polar surface area (TPSA) is 103 Å². The summed E-state index contributed by atoms with van der Waals surface area (Å²) in [6.45, 7) is 1.77. The fraction of sp³-hybridized carbons (Fsp3) is 0.435. The zero-order valence-corrected chi connectivity index (χ0v) is 18.8. The van der Waals surface area contributed by atoms with Crippen LogP contribution < -0.4 is 10.9 Å². The number of carbonyl (C=O) groups excluding carboxylic acids is 2. The van der Waals surface area contributed by atoms with Gasteiger partial charge in [0.05, 0.1) is 16.9 Å². The third-order valence-electron chi connectivity index (χ3n) is 5.52. The van der Waals surface area contributed by atoms with E-state index in [1.165, 1.54) is 41.2 Å². The van der Waals surface area contributed by atoms with Gasteiger partial charge in [0.15, 0.2) is 0 Å². The van der Waals surface area contributed by atoms with E-state index in [1.54, 1.807) is 24.3 Å². The molecule has 1 saturated carbocycles. The minimum absolute atomic E-state index is 0.140. The van der Waals surface area contributed by atoms with E-state index in [0.717, 1.165) is 17.8 Å². The van der Waals surface area contributed by atoms with Crippen LogP contribution in [0.4, 0.5) is 5.69 Å². The summed E-state index contributed by atoms with van der Waals surface area (Å²) in [6, 6.07) is 8.04. The Balaban J connectivity index is 1.48. The molecule has 0 aliphatic heterocycles. The van der Waals surface area contributed by atoms with Gasteiger partial charge in [0.25, 0.3) is 5.56 Å². The molecule has 0 radical (unpaired) electrons. The highest BCUT2D eigenvalue weighted by Gasteiger charge is 2.21. The first-order chi connectivity index (χ1) is 15.5. The molecule has 4 rings (SSSR count). The Labute approximate surface area is 189 Å². The standard InChI is InChI=1S/C23H26N4O4S/c1-2-8-19(28)25-18-12-7-6-11-17(18)22(30)31-14-16-13-20(29)27-23(24-16)32-21(26-27)15-9-4-3-5-10-15/h6-7,11-13,15H,2-5,8-10,14H2,1H3,(H,25,28). The maximum atomic E-state index is 12.6. The van der Waals surface area contributed by atoms with Crippen molar-refractivity contribution in [2.75, 3.05) is 5.32 Å². The summed E-state index contributed by atoms with van der Waals surface area (Å²) in [7, 11) is 0. The molecule has 168 valence electrons. The van der Waals surface area contributed by atoms with Gasteiger partial charge in [0, 0.05) is 18.4 Å². The molecule has 1 aliphatic rings. The maximum Gasteiger partial charge on any atom is 0.340 e. The van der Waals surface area contributed by atoms with E-state index in [2.05, 4.69) is 15.4 Å². The molecule has 1 aliphatic carbocycles. The Bertz CT molecular complexity index is 1180. The van der Waals surface area contributed by atoms with Gasteiger partial charge in [0.2, 0.25) is 10.9 Å². The number of hydrogen-bond donors (Lipinski definition) is 1. The van der Waals surface area contributed by atoms with Crippen molar-refractivity contribution in [2.45, 2.75) is 64.4 Å². The Hall–Kier alpha value is -3.07. The number of carbonyl (C=O) groups is 2. The van der Waals surface area contributed by atoms with Gasteiger partial charge in [0.1, 0.15) is 11.6 Å². The second-order valence-corrected chi connectivity index (χ2v) is 8.96. The summed E-state index contributed by atoms with van der Waals surface area (Å²) in [5.74, 6) is -0.367. The number of nitrogens with one attached hydrogen (secondary N) is 1. The average Bonchev–Trinajstić information content (AvgIpc) is 3.23. The first-order valence-corrected chi connectivity index (χ1v) is 11.8. The lowest BCUT2D eigenvalue weighted by Crippen LogP contribution is -2.18. The predicted octanol–water partition coefficient (Wildman–Crippen LogP) is 4.29. The monoisotopic (exact) mass is 454 g/mol. The Kier molecular flexibility index (Phi) is 6.94. The Morgan fingerprint density at radius 2 is 2.00 bits per heavy atom. The van der Waals surface area contributed by atoms with Crippen molar-refractivity contribution < 1.29 is 14.3 Å². The maximum absolute atomic E-state index is 12.6. The molecule has 0 atom stereocenters. The lowest BCUT2D eigenvalue weighted by Gasteiger charge is -2.18. The highest BCUT2D eigenvalue weighted by Crippen LogP contribution is 2.34. The predicted molar refractivity (Wildman–Crippen MR) is 122 cm³/mol. The number of hydrogen-bond acceptors (Lipinski definition) is 7. The van der Waals surface area contributed by atoms with Gasteiger partial charge >= 0.3 is 5.97 Å². The van der Waals surface area contributed by atoms with Crippen LogP contribution in [0, 0.1) is 0 Å². The molecule has 0 saturated heterocycles. The molecule has 32 heavy (non-hydrogen) atoms. The molecule has 1 fully saturated rings. The molecule has 2 aromatic heterocycles. The number of rotatable bonds is 7. The number of amides is 1. The number of ether oxygens (including phenoxy) is 1. The van der Waals surface area contributed by atoms with Gasteiger partial charge in [-0.05, 0) is 31.4 Å². The first-order valence-electron chi connectivity index (χ1n) is 11.0. The van der Waals surface area contributed by atoms with Crippen LogP contribution >= 0.6 is 11.3 Å². The van der Waals surface area contributed by atoms with Crippen LogP contribution in [0.5, 0.6) is 0 Å². The second kappa shape index (κ2) is 10.0. The van der Waals surface area contributed by atoms with Crippen molar-refractivity contribution in [2.24, 2.45) is 0 Å². The summed E-state index contributed by atoms with van der Waals surface area (Å²) in [4.78, 5) is 42.1. The fourth-order valence-corrected chi connectivity index (χ4v) is 4.98. The van der Waals surface area contributed by atoms with E-state index >= 15 is 0 Å². The van der Waals surface area contributed by atoms with Crippen molar-refractivity contribution >= 4 is 33.9 Å². The normalized spacial score (nSPS) is 14.4. The van der Waals surface area contributed by atoms with Crippen molar-refractivity contribution in [3.8, 4) is 0 Å². The van der Waals surface area contributed by atoms with Crippen LogP contribution in [0.25, 0.3) is 4.96 Å². The Morgan fingerprint density at radius 1 is 1.22 bits per heavy atom. The van der Waals surface area contributed by atoms with Gasteiger partial charge in [-0.3, -0.25) is 9.59 Å². The van der Waals surface area contributed by atoms with E-state index in [4.69, 9.17) is 4.74 Å². The fourth-order valence-electron chi connectivity index (χ4n) is 3.89. The molecule has 0 spiro atoms. The molecule has 1 aromatic carbocycles. The summed E-state index contributed by atoms with van der Waals surface area (Å²) < 4.78 is 6.74. The lowest BCUT2D eigenvalue weighted by atomic mass is 9.90. The highest BCUT2D eigenvalue weighted by molar-refractivity contribution is 7.16. The minimum Gasteiger partial charge on any atom is -0.456 e. The molecular weight excluding hydrogens is 428 g/mol. The largest absolute Gasteiger partial charge is 0.456 e. The first kappa shape index (κ1) is 22.1. The van der Waals surface area contributed by atoms with E-state index in [0.29, 0.717) is 35.1 Å². The SMILES string of the molecule is CCCC(=O)Nc1ccccc1C(=O)OCc1cc(=O)n2nc(C3CCCCC3)sc2n1. The molecule has 0 unspecified atom stereocenters. The third kappa shape index (κ3) is 5.04. The van der Waals surface area contributed by atoms with Crippen LogP contribution in [-0.2, 0) is 16.1 Å². The van der Waals surface area contributed by atoms with E-state index in [9.17, 15) is 14.4 Å². The van der Waals surface area contributed by atoms with Crippen molar-refractivity contribution in [3.63, 3.8) is 0 Å². The smallest absolute Gasteiger partial charge is 0.340 e. The van der Waals surface area contributed by atoms with Crippen molar-refractivity contribution in [1.29, 1.82) is 0 Å². The highest BCUT2D eigenvalue weighted by atomic mass is 32.1. The Morgan fingerprint density at radius 3 is 2.78 bits per heavy atom. The zero-order chi connectivity index (χ0) is 22.5. The van der Waals surface area contributed by atoms with Crippen molar-refractivity contribution in [3.05, 3.63) is 57.0 Å². The number of anilines is 1. The quantitative estimate of drug-likeness (QED) is 0.534. The number of nitrogens with zero attached hydrogens (tertiary/aromatic N) is 3. The molecule has 0 bridgehead atoms. The van der Waals surface area contributed by atoms with Gasteiger partial charge in [-0.2, -0.15) is 9.61 Å². The number of para-hydroxylation sites is 1. The van der Waals surface area contributed by atoms with E-state index in [1.807, 2.05) is 6.92 Å². The third-order valence-corrected chi connectivity index (χ3v) is 6.59. The molecule has 1 N–H and O–H groups in total. The van der Waals surface area contributed by atoms with E-state index < -0.39 is 5.97 Å². The van der Waals surface area contributed by atoms with Gasteiger partial charge in [-0.1, -0.05) is 49.7 Å². The van der Waals surface area contributed by atoms with E-state index in [-0.39, 0.29) is 23.6 Å². The van der Waals surface area contributed by atoms with Crippen molar-refractivity contribution in [1.82, 2.24) is 14.6 Å². The minimum atomic E-state index is -0.591. The molecule has 1 amide bonds.